The Morgan fingerprint density at radius 1 is 1.09 bits per heavy atom. The smallest absolute Gasteiger partial charge is 0.407 e. The van der Waals surface area contributed by atoms with Gasteiger partial charge in [-0.15, -0.1) is 0 Å². The fourth-order valence-corrected chi connectivity index (χ4v) is 4.83. The highest BCUT2D eigenvalue weighted by Crippen LogP contribution is 2.44. The maximum atomic E-state index is 12.5. The molecule has 3 N–H and O–H groups in total. The summed E-state index contributed by atoms with van der Waals surface area (Å²) in [7, 11) is 0. The number of carboxylic acid groups (broad SMARTS) is 1. The highest BCUT2D eigenvalue weighted by Gasteiger charge is 2.35. The molecule has 4 atom stereocenters. The summed E-state index contributed by atoms with van der Waals surface area (Å²) in [6.07, 6.45) is 0.178. The second-order valence-corrected chi connectivity index (χ2v) is 9.30. The molecule has 2 aromatic carbocycles. The number of hydrogen-bond acceptors (Lipinski definition) is 5. The SMILES string of the molecule is CCC(C)C(NC(=O)C1COC(CNC(=O)OCC2c3ccccc3-c3ccccc32)C1)C(=O)O. The molecule has 4 unspecified atom stereocenters. The zero-order valence-corrected chi connectivity index (χ0v) is 20.0. The van der Waals surface area contributed by atoms with Gasteiger partial charge in [0.15, 0.2) is 0 Å². The van der Waals surface area contributed by atoms with Crippen LogP contribution in [0.3, 0.4) is 0 Å². The van der Waals surface area contributed by atoms with E-state index in [4.69, 9.17) is 9.47 Å². The predicted octanol–water partition coefficient (Wildman–Crippen LogP) is 3.55. The van der Waals surface area contributed by atoms with Gasteiger partial charge in [-0.3, -0.25) is 4.79 Å². The second-order valence-electron chi connectivity index (χ2n) is 9.30. The van der Waals surface area contributed by atoms with Crippen LogP contribution >= 0.6 is 0 Å². The standard InChI is InChI=1S/C27H32N2O6/c1-3-16(2)24(26(31)32)29-25(30)17-12-18(34-14-17)13-28-27(33)35-15-23-21-10-6-4-8-19(21)20-9-5-7-11-22(20)23/h4-11,16-18,23-24H,3,12-15H2,1-2H3,(H,28,33)(H,29,30)(H,31,32). The van der Waals surface area contributed by atoms with Crippen molar-refractivity contribution in [1.29, 1.82) is 0 Å². The van der Waals surface area contributed by atoms with E-state index in [9.17, 15) is 19.5 Å². The number of amides is 2. The summed E-state index contributed by atoms with van der Waals surface area (Å²) in [4.78, 5) is 36.4. The molecule has 0 saturated carbocycles. The molecule has 0 radical (unpaired) electrons. The molecule has 4 rings (SSSR count). The molecule has 2 aliphatic rings. The number of carbonyl (C=O) groups excluding carboxylic acids is 2. The zero-order valence-electron chi connectivity index (χ0n) is 20.0. The Morgan fingerprint density at radius 2 is 1.71 bits per heavy atom. The average Bonchev–Trinajstić information content (AvgIpc) is 3.47. The van der Waals surface area contributed by atoms with E-state index in [1.54, 1.807) is 6.92 Å². The van der Waals surface area contributed by atoms with Crippen LogP contribution in [0.5, 0.6) is 0 Å². The Kier molecular flexibility index (Phi) is 7.70. The van der Waals surface area contributed by atoms with Crippen molar-refractivity contribution in [3.63, 3.8) is 0 Å². The number of hydrogen-bond donors (Lipinski definition) is 3. The van der Waals surface area contributed by atoms with Gasteiger partial charge in [0.05, 0.1) is 18.6 Å². The van der Waals surface area contributed by atoms with Crippen LogP contribution in [0.25, 0.3) is 11.1 Å². The van der Waals surface area contributed by atoms with Gasteiger partial charge < -0.3 is 25.2 Å². The van der Waals surface area contributed by atoms with E-state index in [1.807, 2.05) is 31.2 Å². The van der Waals surface area contributed by atoms with Crippen LogP contribution < -0.4 is 10.6 Å². The van der Waals surface area contributed by atoms with Gasteiger partial charge >= 0.3 is 12.1 Å². The number of fused-ring (bicyclic) bond motifs is 3. The van der Waals surface area contributed by atoms with Crippen molar-refractivity contribution in [1.82, 2.24) is 10.6 Å². The summed E-state index contributed by atoms with van der Waals surface area (Å²) in [6, 6.07) is 15.4. The lowest BCUT2D eigenvalue weighted by Gasteiger charge is -2.21. The van der Waals surface area contributed by atoms with Crippen LogP contribution in [0.1, 0.15) is 43.7 Å². The van der Waals surface area contributed by atoms with Crippen molar-refractivity contribution in [2.45, 2.75) is 44.8 Å². The summed E-state index contributed by atoms with van der Waals surface area (Å²) in [5.41, 5.74) is 4.62. The van der Waals surface area contributed by atoms with Crippen LogP contribution in [0.15, 0.2) is 48.5 Å². The summed E-state index contributed by atoms with van der Waals surface area (Å²) in [6.45, 7) is 4.31. The van der Waals surface area contributed by atoms with E-state index >= 15 is 0 Å². The maximum absolute atomic E-state index is 12.5. The number of benzene rings is 2. The Balaban J connectivity index is 1.24. The van der Waals surface area contributed by atoms with Crippen molar-refractivity contribution in [3.05, 3.63) is 59.7 Å². The highest BCUT2D eigenvalue weighted by atomic mass is 16.5. The minimum absolute atomic E-state index is 0.0170. The number of ether oxygens (including phenoxy) is 2. The predicted molar refractivity (Wildman–Crippen MR) is 130 cm³/mol. The first kappa shape index (κ1) is 24.7. The molecule has 1 aliphatic carbocycles. The molecule has 1 heterocycles. The fourth-order valence-electron chi connectivity index (χ4n) is 4.83. The molecule has 186 valence electrons. The largest absolute Gasteiger partial charge is 0.480 e. The van der Waals surface area contributed by atoms with Crippen LogP contribution in [0.4, 0.5) is 4.79 Å². The molecule has 2 aromatic rings. The quantitative estimate of drug-likeness (QED) is 0.506. The average molecular weight is 481 g/mol. The van der Waals surface area contributed by atoms with Gasteiger partial charge in [0.25, 0.3) is 0 Å². The number of carboxylic acids is 1. The molecule has 1 saturated heterocycles. The van der Waals surface area contributed by atoms with E-state index in [-0.39, 0.29) is 43.6 Å². The van der Waals surface area contributed by atoms with Crippen LogP contribution in [0, 0.1) is 11.8 Å². The second kappa shape index (κ2) is 10.9. The molecule has 2 amide bonds. The molecule has 0 bridgehead atoms. The molecule has 1 fully saturated rings. The molecular formula is C27H32N2O6. The molecule has 1 aliphatic heterocycles. The topological polar surface area (TPSA) is 114 Å². The lowest BCUT2D eigenvalue weighted by molar-refractivity contribution is -0.144. The first-order chi connectivity index (χ1) is 16.9. The first-order valence-corrected chi connectivity index (χ1v) is 12.1. The lowest BCUT2D eigenvalue weighted by Crippen LogP contribution is -2.47. The Hall–Kier alpha value is -3.39. The van der Waals surface area contributed by atoms with Gasteiger partial charge in [0.2, 0.25) is 5.91 Å². The molecule has 8 heteroatoms. The van der Waals surface area contributed by atoms with E-state index in [0.717, 1.165) is 11.1 Å². The summed E-state index contributed by atoms with van der Waals surface area (Å²) in [5, 5.41) is 14.8. The third-order valence-electron chi connectivity index (χ3n) is 7.05. The Bertz CT molecular complexity index is 1040. The van der Waals surface area contributed by atoms with Gasteiger partial charge in [0.1, 0.15) is 12.6 Å². The number of carbonyl (C=O) groups is 3. The molecule has 8 nitrogen and oxygen atoms in total. The monoisotopic (exact) mass is 480 g/mol. The minimum Gasteiger partial charge on any atom is -0.480 e. The highest BCUT2D eigenvalue weighted by molar-refractivity contribution is 5.85. The van der Waals surface area contributed by atoms with Crippen molar-refractivity contribution >= 4 is 18.0 Å². The van der Waals surface area contributed by atoms with Crippen molar-refractivity contribution in [2.24, 2.45) is 11.8 Å². The zero-order chi connectivity index (χ0) is 24.9. The van der Waals surface area contributed by atoms with Gasteiger partial charge in [0, 0.05) is 12.5 Å². The van der Waals surface area contributed by atoms with E-state index in [0.29, 0.717) is 12.8 Å². The van der Waals surface area contributed by atoms with Gasteiger partial charge in [-0.2, -0.15) is 0 Å². The summed E-state index contributed by atoms with van der Waals surface area (Å²) < 4.78 is 11.2. The minimum atomic E-state index is -1.04. The van der Waals surface area contributed by atoms with Gasteiger partial charge in [-0.05, 0) is 34.6 Å². The first-order valence-electron chi connectivity index (χ1n) is 12.1. The summed E-state index contributed by atoms with van der Waals surface area (Å²) >= 11 is 0. The van der Waals surface area contributed by atoms with Crippen LogP contribution in [-0.2, 0) is 19.1 Å². The Morgan fingerprint density at radius 3 is 2.31 bits per heavy atom. The van der Waals surface area contributed by atoms with E-state index in [1.165, 1.54) is 11.1 Å². The van der Waals surface area contributed by atoms with Gasteiger partial charge in [-0.1, -0.05) is 68.8 Å². The van der Waals surface area contributed by atoms with Crippen molar-refractivity contribution in [3.8, 4) is 11.1 Å². The molecule has 35 heavy (non-hydrogen) atoms. The lowest BCUT2D eigenvalue weighted by atomic mass is 9.97. The van der Waals surface area contributed by atoms with Crippen LogP contribution in [0.2, 0.25) is 0 Å². The fraction of sp³-hybridized carbons (Fsp3) is 0.444. The van der Waals surface area contributed by atoms with Crippen molar-refractivity contribution in [2.75, 3.05) is 19.8 Å². The van der Waals surface area contributed by atoms with Gasteiger partial charge in [-0.25, -0.2) is 9.59 Å². The molecular weight excluding hydrogens is 448 g/mol. The summed E-state index contributed by atoms with van der Waals surface area (Å²) in [5.74, 6) is -2.02. The number of alkyl carbamates (subject to hydrolysis) is 1. The number of nitrogens with one attached hydrogen (secondary N) is 2. The molecule has 0 spiro atoms. The third kappa shape index (κ3) is 5.48. The number of rotatable bonds is 9. The van der Waals surface area contributed by atoms with Crippen molar-refractivity contribution < 1.29 is 29.0 Å². The normalized spacial score (nSPS) is 20.4. The van der Waals surface area contributed by atoms with Crippen LogP contribution in [-0.4, -0.2) is 55.0 Å². The maximum Gasteiger partial charge on any atom is 0.407 e. The Labute approximate surface area is 205 Å². The number of aliphatic carboxylic acids is 1. The van der Waals surface area contributed by atoms with E-state index < -0.39 is 24.0 Å². The van der Waals surface area contributed by atoms with E-state index in [2.05, 4.69) is 34.9 Å². The molecule has 0 aromatic heterocycles. The third-order valence-corrected chi connectivity index (χ3v) is 7.05.